The number of carbonyl (C=O) groups excluding carboxylic acids is 1. The van der Waals surface area contributed by atoms with Gasteiger partial charge in [-0.1, -0.05) is 30.3 Å². The van der Waals surface area contributed by atoms with Crippen LogP contribution in [0.2, 0.25) is 0 Å². The predicted octanol–water partition coefficient (Wildman–Crippen LogP) is 2.66. The highest BCUT2D eigenvalue weighted by molar-refractivity contribution is 7.50. The van der Waals surface area contributed by atoms with Crippen molar-refractivity contribution in [1.82, 2.24) is 5.09 Å². The van der Waals surface area contributed by atoms with Crippen molar-refractivity contribution in [2.45, 2.75) is 26.6 Å². The van der Waals surface area contributed by atoms with Crippen LogP contribution in [0.4, 0.5) is 0 Å². The number of carbonyl (C=O) groups is 1. The Kier molecular flexibility index (Phi) is 8.38. The van der Waals surface area contributed by atoms with Gasteiger partial charge in [-0.25, -0.2) is 0 Å². The molecule has 0 aliphatic carbocycles. The fourth-order valence-corrected chi connectivity index (χ4v) is 2.53. The quantitative estimate of drug-likeness (QED) is 0.561. The third-order valence-corrected chi connectivity index (χ3v) is 3.69. The van der Waals surface area contributed by atoms with Gasteiger partial charge in [0.25, 0.3) is 0 Å². The smallest absolute Gasteiger partial charge is 0.320 e. The molecule has 0 heterocycles. The molecule has 0 fully saturated rings. The van der Waals surface area contributed by atoms with Crippen LogP contribution in [0.5, 0.6) is 0 Å². The number of hydrogen-bond donors (Lipinski definition) is 1. The van der Waals surface area contributed by atoms with Crippen molar-refractivity contribution in [2.75, 3.05) is 20.0 Å². The Morgan fingerprint density at radius 2 is 2.00 bits per heavy atom. The van der Waals surface area contributed by atoms with E-state index in [-0.39, 0.29) is 18.6 Å². The second-order valence-corrected chi connectivity index (χ2v) is 6.02. The van der Waals surface area contributed by atoms with E-state index in [4.69, 9.17) is 14.0 Å². The number of nitrogens with one attached hydrogen (secondary N) is 1. The summed E-state index contributed by atoms with van der Waals surface area (Å²) in [5, 5.41) is 3.04. The van der Waals surface area contributed by atoms with Gasteiger partial charge in [-0.05, 0) is 19.4 Å². The molecular formula is C14H22NO4P. The average Bonchev–Trinajstić information content (AvgIpc) is 2.42. The molecule has 6 heteroatoms. The number of methoxy groups -OCH3 is 1. The maximum Gasteiger partial charge on any atom is 0.320 e. The van der Waals surface area contributed by atoms with Gasteiger partial charge < -0.3 is 14.0 Å². The zero-order valence-corrected chi connectivity index (χ0v) is 13.1. The fraction of sp³-hybridized carbons (Fsp3) is 0.500. The van der Waals surface area contributed by atoms with Crippen LogP contribution in [-0.2, 0) is 25.4 Å². The van der Waals surface area contributed by atoms with Crippen LogP contribution in [-0.4, -0.2) is 32.1 Å². The summed E-state index contributed by atoms with van der Waals surface area (Å²) in [5.74, 6) is -0.285. The van der Waals surface area contributed by atoms with Crippen LogP contribution in [0, 0.1) is 0 Å². The highest BCUT2D eigenvalue weighted by atomic mass is 31.2. The maximum atomic E-state index is 11.5. The minimum Gasteiger partial charge on any atom is -0.462 e. The zero-order valence-electron chi connectivity index (χ0n) is 12.2. The number of benzene rings is 1. The molecule has 5 nitrogen and oxygen atoms in total. The first kappa shape index (κ1) is 17.1. The Balaban J connectivity index is 2.34. The molecule has 0 amide bonds. The lowest BCUT2D eigenvalue weighted by Gasteiger charge is -2.18. The molecule has 1 unspecified atom stereocenters. The SMILES string of the molecule is COCP(NCC(=O)OC(C)C)OCc1ccccc1. The Bertz CT molecular complexity index is 386. The van der Waals surface area contributed by atoms with E-state index in [1.54, 1.807) is 7.11 Å². The molecule has 0 spiro atoms. The average molecular weight is 299 g/mol. The molecule has 1 atom stereocenters. The van der Waals surface area contributed by atoms with Crippen LogP contribution < -0.4 is 5.09 Å². The van der Waals surface area contributed by atoms with Crippen LogP contribution in [0.1, 0.15) is 19.4 Å². The van der Waals surface area contributed by atoms with Gasteiger partial charge in [0, 0.05) is 7.11 Å². The summed E-state index contributed by atoms with van der Waals surface area (Å²) in [6, 6.07) is 9.87. The van der Waals surface area contributed by atoms with E-state index < -0.39 is 8.30 Å². The highest BCUT2D eigenvalue weighted by Gasteiger charge is 2.12. The zero-order chi connectivity index (χ0) is 14.8. The van der Waals surface area contributed by atoms with Gasteiger partial charge in [0.2, 0.25) is 0 Å². The summed E-state index contributed by atoms with van der Waals surface area (Å²) >= 11 is 0. The van der Waals surface area contributed by atoms with Crippen molar-refractivity contribution in [3.05, 3.63) is 35.9 Å². The molecular weight excluding hydrogens is 277 g/mol. The first-order valence-electron chi connectivity index (χ1n) is 6.48. The lowest BCUT2D eigenvalue weighted by atomic mass is 10.2. The van der Waals surface area contributed by atoms with Crippen molar-refractivity contribution < 1.29 is 18.8 Å². The van der Waals surface area contributed by atoms with E-state index in [0.29, 0.717) is 13.0 Å². The van der Waals surface area contributed by atoms with E-state index in [1.165, 1.54) is 0 Å². The van der Waals surface area contributed by atoms with Crippen molar-refractivity contribution in [2.24, 2.45) is 0 Å². The first-order valence-corrected chi connectivity index (χ1v) is 7.92. The van der Waals surface area contributed by atoms with E-state index in [9.17, 15) is 4.79 Å². The van der Waals surface area contributed by atoms with Gasteiger partial charge in [0.15, 0.2) is 0 Å². The normalized spacial score (nSPS) is 12.4. The van der Waals surface area contributed by atoms with Gasteiger partial charge in [0.1, 0.15) is 14.6 Å². The molecule has 0 saturated carbocycles. The molecule has 1 rings (SSSR count). The third kappa shape index (κ3) is 7.56. The van der Waals surface area contributed by atoms with E-state index in [1.807, 2.05) is 44.2 Å². The third-order valence-electron chi connectivity index (χ3n) is 2.24. The van der Waals surface area contributed by atoms with Crippen LogP contribution in [0.3, 0.4) is 0 Å². The Labute approximate surface area is 121 Å². The molecule has 0 aliphatic heterocycles. The second kappa shape index (κ2) is 9.83. The summed E-state index contributed by atoms with van der Waals surface area (Å²) in [4.78, 5) is 11.5. The Hall–Kier alpha value is -1.00. The maximum absolute atomic E-state index is 11.5. The molecule has 1 aromatic rings. The molecule has 0 aliphatic rings. The predicted molar refractivity (Wildman–Crippen MR) is 79.3 cm³/mol. The number of hydrogen-bond acceptors (Lipinski definition) is 5. The molecule has 1 N–H and O–H groups in total. The Morgan fingerprint density at radius 3 is 2.60 bits per heavy atom. The number of esters is 1. The summed E-state index contributed by atoms with van der Waals surface area (Å²) in [6.45, 7) is 4.26. The largest absolute Gasteiger partial charge is 0.462 e. The molecule has 112 valence electrons. The summed E-state index contributed by atoms with van der Waals surface area (Å²) in [7, 11) is 0.591. The van der Waals surface area contributed by atoms with E-state index >= 15 is 0 Å². The lowest BCUT2D eigenvalue weighted by Crippen LogP contribution is -2.24. The summed E-state index contributed by atoms with van der Waals surface area (Å²) in [6.07, 6.45) is 0.320. The van der Waals surface area contributed by atoms with Gasteiger partial charge in [-0.3, -0.25) is 9.88 Å². The minimum absolute atomic E-state index is 0.108. The molecule has 0 radical (unpaired) electrons. The standard InChI is InChI=1S/C14H22NO4P/c1-12(2)19-14(16)9-15-20(11-17-3)18-10-13-7-5-4-6-8-13/h4-8,12,15H,9-11H2,1-3H3. The van der Waals surface area contributed by atoms with Crippen LogP contribution >= 0.6 is 8.30 Å². The van der Waals surface area contributed by atoms with Crippen LogP contribution in [0.15, 0.2) is 30.3 Å². The topological polar surface area (TPSA) is 56.8 Å². The molecule has 0 bridgehead atoms. The van der Waals surface area contributed by atoms with E-state index in [2.05, 4.69) is 5.09 Å². The molecule has 0 saturated heterocycles. The van der Waals surface area contributed by atoms with E-state index in [0.717, 1.165) is 5.56 Å². The van der Waals surface area contributed by atoms with Gasteiger partial charge in [-0.15, -0.1) is 0 Å². The van der Waals surface area contributed by atoms with Gasteiger partial charge in [-0.2, -0.15) is 0 Å². The fourth-order valence-electron chi connectivity index (χ4n) is 1.43. The van der Waals surface area contributed by atoms with Gasteiger partial charge >= 0.3 is 5.97 Å². The van der Waals surface area contributed by atoms with Gasteiger partial charge in [0.05, 0.1) is 19.3 Å². The minimum atomic E-state index is -1.01. The number of rotatable bonds is 9. The molecule has 1 aromatic carbocycles. The Morgan fingerprint density at radius 1 is 1.30 bits per heavy atom. The van der Waals surface area contributed by atoms with Crippen molar-refractivity contribution in [3.63, 3.8) is 0 Å². The summed E-state index contributed by atoms with van der Waals surface area (Å²) in [5.41, 5.74) is 1.09. The van der Waals surface area contributed by atoms with Crippen molar-refractivity contribution >= 4 is 14.3 Å². The highest BCUT2D eigenvalue weighted by Crippen LogP contribution is 2.32. The lowest BCUT2D eigenvalue weighted by molar-refractivity contribution is -0.145. The van der Waals surface area contributed by atoms with Crippen molar-refractivity contribution in [3.8, 4) is 0 Å². The van der Waals surface area contributed by atoms with Crippen LogP contribution in [0.25, 0.3) is 0 Å². The van der Waals surface area contributed by atoms with Crippen molar-refractivity contribution in [1.29, 1.82) is 0 Å². The first-order chi connectivity index (χ1) is 9.61. The number of ether oxygens (including phenoxy) is 2. The molecule has 20 heavy (non-hydrogen) atoms. The second-order valence-electron chi connectivity index (χ2n) is 4.43. The monoisotopic (exact) mass is 299 g/mol. The summed E-state index contributed by atoms with van der Waals surface area (Å²) < 4.78 is 15.9. The molecule has 0 aromatic heterocycles.